The second-order valence-corrected chi connectivity index (χ2v) is 8.03. The van der Waals surface area contributed by atoms with Gasteiger partial charge in [0.2, 0.25) is 0 Å². The van der Waals surface area contributed by atoms with Gasteiger partial charge in [-0.3, -0.25) is 19.1 Å². The Morgan fingerprint density at radius 2 is 1.69 bits per heavy atom. The fourth-order valence-corrected chi connectivity index (χ4v) is 4.16. The van der Waals surface area contributed by atoms with Gasteiger partial charge in [-0.05, 0) is 49.6 Å². The molecule has 10 heteroatoms. The van der Waals surface area contributed by atoms with Crippen LogP contribution in [0.5, 0.6) is 5.75 Å². The summed E-state index contributed by atoms with van der Waals surface area (Å²) in [6.45, 7) is 3.77. The number of nitrogens with zero attached hydrogens (tertiary/aromatic N) is 4. The van der Waals surface area contributed by atoms with Gasteiger partial charge in [-0.2, -0.15) is 0 Å². The minimum Gasteiger partial charge on any atom is -0.406 e. The van der Waals surface area contributed by atoms with Crippen molar-refractivity contribution >= 4 is 11.2 Å². The summed E-state index contributed by atoms with van der Waals surface area (Å²) in [7, 11) is 1.57. The average Bonchev–Trinajstić information content (AvgIpc) is 2.74. The highest BCUT2D eigenvalue weighted by Gasteiger charge is 2.31. The number of fused-ring (bicyclic) bond motifs is 1. The van der Waals surface area contributed by atoms with E-state index >= 15 is 0 Å². The molecule has 4 rings (SSSR count). The number of benzene rings is 1. The highest BCUT2D eigenvalue weighted by Crippen LogP contribution is 2.26. The van der Waals surface area contributed by atoms with E-state index in [-0.39, 0.29) is 11.8 Å². The monoisotopic (exact) mass is 448 g/mol. The van der Waals surface area contributed by atoms with Crippen LogP contribution in [0.3, 0.4) is 0 Å². The van der Waals surface area contributed by atoms with Gasteiger partial charge in [-0.25, -0.2) is 4.98 Å². The van der Waals surface area contributed by atoms with Crippen LogP contribution in [-0.4, -0.2) is 38.5 Å². The minimum absolute atomic E-state index is 0.146. The third-order valence-electron chi connectivity index (χ3n) is 5.78. The zero-order chi connectivity index (χ0) is 23.0. The van der Waals surface area contributed by atoms with Gasteiger partial charge in [0.1, 0.15) is 5.75 Å². The Morgan fingerprint density at radius 1 is 1.03 bits per heavy atom. The quantitative estimate of drug-likeness (QED) is 0.574. The second kappa shape index (κ2) is 8.42. The van der Waals surface area contributed by atoms with E-state index < -0.39 is 17.5 Å². The number of halogens is 3. The molecule has 0 spiro atoms. The lowest BCUT2D eigenvalue weighted by atomic mass is 10.0. The number of alkyl halides is 3. The largest absolute Gasteiger partial charge is 0.573 e. The van der Waals surface area contributed by atoms with Gasteiger partial charge < -0.3 is 9.30 Å². The van der Waals surface area contributed by atoms with Gasteiger partial charge in [-0.1, -0.05) is 12.1 Å². The number of ether oxygens (including phenoxy) is 1. The first-order valence-corrected chi connectivity index (χ1v) is 10.3. The molecule has 1 fully saturated rings. The summed E-state index contributed by atoms with van der Waals surface area (Å²) in [5, 5.41) is 0. The standard InChI is InChI=1S/C22H23F3N4O3/c1-14-3-8-18-19(26-14)29(21(31)20(30)27(18)2)16-9-11-28(12-10-16)13-15-4-6-17(7-5-15)32-22(23,24)25/h3-8,16H,9-13H2,1-2H3. The summed E-state index contributed by atoms with van der Waals surface area (Å²) in [5.41, 5.74) is 1.61. The molecule has 1 saturated heterocycles. The van der Waals surface area contributed by atoms with Crippen LogP contribution in [0.2, 0.25) is 0 Å². The van der Waals surface area contributed by atoms with E-state index in [4.69, 9.17) is 0 Å². The second-order valence-electron chi connectivity index (χ2n) is 8.03. The molecule has 170 valence electrons. The van der Waals surface area contributed by atoms with E-state index in [0.29, 0.717) is 43.6 Å². The van der Waals surface area contributed by atoms with Crippen molar-refractivity contribution in [3.63, 3.8) is 0 Å². The summed E-state index contributed by atoms with van der Waals surface area (Å²) >= 11 is 0. The number of aromatic nitrogens is 3. The van der Waals surface area contributed by atoms with Crippen LogP contribution in [0, 0.1) is 6.92 Å². The molecule has 0 saturated carbocycles. The first-order valence-electron chi connectivity index (χ1n) is 10.3. The number of rotatable bonds is 4. The van der Waals surface area contributed by atoms with Gasteiger partial charge in [0.05, 0.1) is 5.52 Å². The van der Waals surface area contributed by atoms with Gasteiger partial charge in [0.15, 0.2) is 5.65 Å². The molecule has 2 aromatic heterocycles. The van der Waals surface area contributed by atoms with E-state index in [2.05, 4.69) is 14.6 Å². The Balaban J connectivity index is 1.49. The summed E-state index contributed by atoms with van der Waals surface area (Å²) in [6, 6.07) is 9.29. The van der Waals surface area contributed by atoms with Gasteiger partial charge >= 0.3 is 17.5 Å². The lowest BCUT2D eigenvalue weighted by Crippen LogP contribution is -2.45. The lowest BCUT2D eigenvalue weighted by molar-refractivity contribution is -0.274. The van der Waals surface area contributed by atoms with Gasteiger partial charge in [-0.15, -0.1) is 13.2 Å². The normalized spacial score (nSPS) is 15.9. The molecule has 3 heterocycles. The van der Waals surface area contributed by atoms with Crippen LogP contribution < -0.4 is 15.9 Å². The van der Waals surface area contributed by atoms with Crippen molar-refractivity contribution < 1.29 is 17.9 Å². The molecular weight excluding hydrogens is 425 g/mol. The highest BCUT2D eigenvalue weighted by atomic mass is 19.4. The first-order chi connectivity index (χ1) is 15.1. The number of hydrogen-bond donors (Lipinski definition) is 0. The first kappa shape index (κ1) is 22.1. The number of piperidine rings is 1. The maximum absolute atomic E-state index is 12.8. The predicted octanol–water partition coefficient (Wildman–Crippen LogP) is 3.14. The molecule has 1 aromatic carbocycles. The molecule has 7 nitrogen and oxygen atoms in total. The summed E-state index contributed by atoms with van der Waals surface area (Å²) in [5.74, 6) is -0.250. The van der Waals surface area contributed by atoms with Crippen molar-refractivity contribution in [3.05, 3.63) is 68.4 Å². The maximum Gasteiger partial charge on any atom is 0.573 e. The average molecular weight is 448 g/mol. The zero-order valence-corrected chi connectivity index (χ0v) is 17.7. The van der Waals surface area contributed by atoms with Gasteiger partial charge in [0.25, 0.3) is 0 Å². The number of aryl methyl sites for hydroxylation is 2. The predicted molar refractivity (Wildman–Crippen MR) is 113 cm³/mol. The fraction of sp³-hybridized carbons (Fsp3) is 0.409. The number of hydrogen-bond acceptors (Lipinski definition) is 5. The third-order valence-corrected chi connectivity index (χ3v) is 5.78. The van der Waals surface area contributed by atoms with Crippen LogP contribution in [0.4, 0.5) is 13.2 Å². The van der Waals surface area contributed by atoms with Gasteiger partial charge in [0, 0.05) is 38.4 Å². The smallest absolute Gasteiger partial charge is 0.406 e. The van der Waals surface area contributed by atoms with Crippen LogP contribution in [0.25, 0.3) is 11.2 Å². The molecular formula is C22H23F3N4O3. The minimum atomic E-state index is -4.71. The fourth-order valence-electron chi connectivity index (χ4n) is 4.16. The molecule has 0 unspecified atom stereocenters. The van der Waals surface area contributed by atoms with E-state index in [1.807, 2.05) is 13.0 Å². The van der Waals surface area contributed by atoms with Crippen molar-refractivity contribution in [1.82, 2.24) is 19.0 Å². The topological polar surface area (TPSA) is 69.4 Å². The van der Waals surface area contributed by atoms with Crippen molar-refractivity contribution in [1.29, 1.82) is 0 Å². The van der Waals surface area contributed by atoms with E-state index in [1.54, 1.807) is 25.2 Å². The summed E-state index contributed by atoms with van der Waals surface area (Å²) < 4.78 is 43.7. The molecule has 1 aliphatic heterocycles. The zero-order valence-electron chi connectivity index (χ0n) is 17.7. The maximum atomic E-state index is 12.8. The summed E-state index contributed by atoms with van der Waals surface area (Å²) in [6.07, 6.45) is -3.39. The molecule has 0 bridgehead atoms. The lowest BCUT2D eigenvalue weighted by Gasteiger charge is -2.33. The van der Waals surface area contributed by atoms with Crippen molar-refractivity contribution in [3.8, 4) is 5.75 Å². The summed E-state index contributed by atoms with van der Waals surface area (Å²) in [4.78, 5) is 32.0. The van der Waals surface area contributed by atoms with E-state index in [1.165, 1.54) is 21.3 Å². The Hall–Kier alpha value is -3.14. The van der Waals surface area contributed by atoms with Crippen molar-refractivity contribution in [2.45, 2.75) is 38.7 Å². The Morgan fingerprint density at radius 3 is 2.31 bits per heavy atom. The SMILES string of the molecule is Cc1ccc2c(n1)n(C1CCN(Cc3ccc(OC(F)(F)F)cc3)CC1)c(=O)c(=O)n2C. The molecule has 0 N–H and O–H groups in total. The molecule has 0 amide bonds. The molecule has 0 aliphatic carbocycles. The van der Waals surface area contributed by atoms with Crippen molar-refractivity contribution in [2.24, 2.45) is 7.05 Å². The Bertz CT molecular complexity index is 1240. The van der Waals surface area contributed by atoms with Crippen LogP contribution in [0.1, 0.15) is 30.1 Å². The third kappa shape index (κ3) is 4.55. The Kier molecular flexibility index (Phi) is 5.81. The van der Waals surface area contributed by atoms with E-state index in [0.717, 1.165) is 11.3 Å². The number of pyridine rings is 1. The molecule has 3 aromatic rings. The molecule has 0 radical (unpaired) electrons. The highest BCUT2D eigenvalue weighted by molar-refractivity contribution is 5.71. The van der Waals surface area contributed by atoms with Crippen molar-refractivity contribution in [2.75, 3.05) is 13.1 Å². The molecule has 0 atom stereocenters. The molecule has 1 aliphatic rings. The van der Waals surface area contributed by atoms with E-state index in [9.17, 15) is 22.8 Å². The van der Waals surface area contributed by atoms with Crippen LogP contribution in [-0.2, 0) is 13.6 Å². The van der Waals surface area contributed by atoms with Crippen LogP contribution >= 0.6 is 0 Å². The number of likely N-dealkylation sites (tertiary alicyclic amines) is 1. The Labute approximate surface area is 181 Å². The molecule has 32 heavy (non-hydrogen) atoms. The van der Waals surface area contributed by atoms with Crippen LogP contribution in [0.15, 0.2) is 46.0 Å².